The van der Waals surface area contributed by atoms with Crippen molar-refractivity contribution < 1.29 is 0 Å². The summed E-state index contributed by atoms with van der Waals surface area (Å²) < 4.78 is 1.83. The molecule has 1 heterocycles. The molecule has 0 fully saturated rings. The third kappa shape index (κ3) is 4.63. The topological polar surface area (TPSA) is 17.8 Å². The van der Waals surface area contributed by atoms with Gasteiger partial charge < -0.3 is 0 Å². The fourth-order valence-electron chi connectivity index (χ4n) is 3.46. The summed E-state index contributed by atoms with van der Waals surface area (Å²) in [7, 11) is 0. The van der Waals surface area contributed by atoms with Crippen molar-refractivity contribution in [1.82, 2.24) is 9.78 Å². The van der Waals surface area contributed by atoms with Crippen LogP contribution in [0.25, 0.3) is 28.2 Å². The first-order chi connectivity index (χ1) is 14.2. The van der Waals surface area contributed by atoms with Crippen LogP contribution in [-0.4, -0.2) is 9.78 Å². The molecule has 0 radical (unpaired) electrons. The Balaban J connectivity index is 0.00000272. The lowest BCUT2D eigenvalue weighted by molar-refractivity contribution is 0.891. The summed E-state index contributed by atoms with van der Waals surface area (Å²) in [5, 5.41) is 6.58. The smallest absolute Gasteiger partial charge is 0.112 e. The zero-order valence-corrected chi connectivity index (χ0v) is 20.7. The minimum Gasteiger partial charge on any atom is -0.231 e. The van der Waals surface area contributed by atoms with Gasteiger partial charge in [-0.2, -0.15) is 5.10 Å². The molecule has 1 aromatic heterocycles. The molecule has 0 amide bonds. The molecule has 0 unspecified atom stereocenters. The van der Waals surface area contributed by atoms with Gasteiger partial charge in [0.05, 0.1) is 16.4 Å². The van der Waals surface area contributed by atoms with E-state index in [9.17, 15) is 0 Å². The third-order valence-electron chi connectivity index (χ3n) is 5.48. The predicted octanol–water partition coefficient (Wildman–Crippen LogP) is 8.82. The highest BCUT2D eigenvalue weighted by Crippen LogP contribution is 2.39. The van der Waals surface area contributed by atoms with Gasteiger partial charge in [0.1, 0.15) is 5.69 Å². The predicted molar refractivity (Wildman–Crippen MR) is 136 cm³/mol. The molecular formula is C25H22Cl4N2. The lowest BCUT2D eigenvalue weighted by Crippen LogP contribution is -2.00. The second-order valence-corrected chi connectivity index (χ2v) is 8.90. The van der Waals surface area contributed by atoms with E-state index in [1.165, 1.54) is 22.3 Å². The first kappa shape index (κ1) is 23.7. The van der Waals surface area contributed by atoms with Crippen molar-refractivity contribution in [2.45, 2.75) is 27.7 Å². The monoisotopic (exact) mass is 490 g/mol. The number of aromatic nitrogens is 2. The largest absolute Gasteiger partial charge is 0.231 e. The average molecular weight is 492 g/mol. The standard InChI is InChI=1S/C25H21Cl3N2.ClH/c1-14-5-7-18(9-16(14)3)24-23(28)25(19-8-6-15(2)17(4)10-19)30(29-24)22-12-20(26)11-21(27)13-22;/h5-13H,1-4H3;1H. The normalized spacial score (nSPS) is 10.8. The first-order valence-electron chi connectivity index (χ1n) is 9.65. The van der Waals surface area contributed by atoms with Crippen LogP contribution >= 0.6 is 47.2 Å². The molecule has 31 heavy (non-hydrogen) atoms. The minimum atomic E-state index is 0. The Morgan fingerprint density at radius 1 is 0.645 bits per heavy atom. The van der Waals surface area contributed by atoms with Crippen molar-refractivity contribution in [2.24, 2.45) is 0 Å². The Morgan fingerprint density at radius 2 is 1.16 bits per heavy atom. The van der Waals surface area contributed by atoms with Crippen molar-refractivity contribution in [3.63, 3.8) is 0 Å². The lowest BCUT2D eigenvalue weighted by Gasteiger charge is -2.11. The minimum absolute atomic E-state index is 0. The number of rotatable bonds is 3. The van der Waals surface area contributed by atoms with Crippen molar-refractivity contribution in [3.8, 4) is 28.2 Å². The molecule has 3 aromatic carbocycles. The van der Waals surface area contributed by atoms with Gasteiger partial charge in [-0.1, -0.05) is 59.1 Å². The number of benzene rings is 3. The van der Waals surface area contributed by atoms with Crippen LogP contribution in [-0.2, 0) is 0 Å². The zero-order chi connectivity index (χ0) is 21.6. The summed E-state index contributed by atoms with van der Waals surface area (Å²) in [5.74, 6) is 0. The average Bonchev–Trinajstić information content (AvgIpc) is 3.03. The summed E-state index contributed by atoms with van der Waals surface area (Å²) >= 11 is 19.5. The van der Waals surface area contributed by atoms with Gasteiger partial charge in [-0.05, 0) is 80.3 Å². The van der Waals surface area contributed by atoms with Gasteiger partial charge >= 0.3 is 0 Å². The van der Waals surface area contributed by atoms with Gasteiger partial charge in [0.2, 0.25) is 0 Å². The van der Waals surface area contributed by atoms with E-state index in [4.69, 9.17) is 39.9 Å². The van der Waals surface area contributed by atoms with E-state index in [1.54, 1.807) is 6.07 Å². The van der Waals surface area contributed by atoms with E-state index in [0.717, 1.165) is 28.2 Å². The molecule has 6 heteroatoms. The Labute approximate surface area is 204 Å². The quantitative estimate of drug-likeness (QED) is 0.280. The van der Waals surface area contributed by atoms with Crippen molar-refractivity contribution in [3.05, 3.63) is 91.9 Å². The molecule has 0 N–H and O–H groups in total. The van der Waals surface area contributed by atoms with Crippen LogP contribution in [0, 0.1) is 27.7 Å². The van der Waals surface area contributed by atoms with Crippen LogP contribution < -0.4 is 0 Å². The SMILES string of the molecule is Cc1ccc(-c2nn(-c3cc(Cl)cc(Cl)c3)c(-c3ccc(C)c(C)c3)c2Cl)cc1C.Cl. The van der Waals surface area contributed by atoms with Gasteiger partial charge in [0, 0.05) is 21.2 Å². The maximum absolute atomic E-state index is 6.96. The Bertz CT molecular complexity index is 1250. The van der Waals surface area contributed by atoms with Crippen LogP contribution in [0.2, 0.25) is 15.1 Å². The molecule has 0 saturated carbocycles. The van der Waals surface area contributed by atoms with Crippen LogP contribution in [0.5, 0.6) is 0 Å². The maximum atomic E-state index is 6.96. The summed E-state index contributed by atoms with van der Waals surface area (Å²) in [5.41, 5.74) is 9.09. The molecule has 0 aliphatic carbocycles. The molecule has 0 aliphatic rings. The highest BCUT2D eigenvalue weighted by molar-refractivity contribution is 6.36. The van der Waals surface area contributed by atoms with Crippen molar-refractivity contribution in [2.75, 3.05) is 0 Å². The molecule has 4 rings (SSSR count). The second-order valence-electron chi connectivity index (χ2n) is 7.65. The summed E-state index contributed by atoms with van der Waals surface area (Å²) in [6.07, 6.45) is 0. The summed E-state index contributed by atoms with van der Waals surface area (Å²) in [4.78, 5) is 0. The van der Waals surface area contributed by atoms with Gasteiger partial charge in [0.15, 0.2) is 0 Å². The molecule has 0 atom stereocenters. The Hall–Kier alpha value is -1.97. The first-order valence-corrected chi connectivity index (χ1v) is 10.8. The number of hydrogen-bond donors (Lipinski definition) is 0. The summed E-state index contributed by atoms with van der Waals surface area (Å²) in [6, 6.07) is 17.9. The Morgan fingerprint density at radius 3 is 1.71 bits per heavy atom. The molecule has 0 aliphatic heterocycles. The van der Waals surface area contributed by atoms with Gasteiger partial charge in [-0.15, -0.1) is 12.4 Å². The highest BCUT2D eigenvalue weighted by Gasteiger charge is 2.21. The van der Waals surface area contributed by atoms with Crippen LogP contribution in [0.15, 0.2) is 54.6 Å². The molecule has 4 aromatic rings. The van der Waals surface area contributed by atoms with Crippen molar-refractivity contribution in [1.29, 1.82) is 0 Å². The van der Waals surface area contributed by atoms with E-state index in [2.05, 4.69) is 64.1 Å². The number of aryl methyl sites for hydroxylation is 4. The van der Waals surface area contributed by atoms with Gasteiger partial charge in [-0.3, -0.25) is 0 Å². The molecule has 0 saturated heterocycles. The molecule has 160 valence electrons. The van der Waals surface area contributed by atoms with Gasteiger partial charge in [0.25, 0.3) is 0 Å². The number of halogens is 4. The van der Waals surface area contributed by atoms with E-state index >= 15 is 0 Å². The van der Waals surface area contributed by atoms with Crippen LogP contribution in [0.4, 0.5) is 0 Å². The number of nitrogens with zero attached hydrogens (tertiary/aromatic N) is 2. The lowest BCUT2D eigenvalue weighted by atomic mass is 10.0. The van der Waals surface area contributed by atoms with Crippen molar-refractivity contribution >= 4 is 47.2 Å². The Kier molecular flexibility index (Phi) is 7.08. The molecule has 0 bridgehead atoms. The molecular weight excluding hydrogens is 470 g/mol. The summed E-state index contributed by atoms with van der Waals surface area (Å²) in [6.45, 7) is 8.36. The third-order valence-corrected chi connectivity index (χ3v) is 6.27. The fourth-order valence-corrected chi connectivity index (χ4v) is 4.31. The number of hydrogen-bond acceptors (Lipinski definition) is 1. The maximum Gasteiger partial charge on any atom is 0.112 e. The van der Waals surface area contributed by atoms with E-state index in [0.29, 0.717) is 15.1 Å². The molecule has 2 nitrogen and oxygen atoms in total. The van der Waals surface area contributed by atoms with Crippen LogP contribution in [0.1, 0.15) is 22.3 Å². The van der Waals surface area contributed by atoms with E-state index < -0.39 is 0 Å². The molecule has 0 spiro atoms. The zero-order valence-electron chi connectivity index (χ0n) is 17.6. The van der Waals surface area contributed by atoms with E-state index in [-0.39, 0.29) is 12.4 Å². The van der Waals surface area contributed by atoms with E-state index in [1.807, 2.05) is 16.8 Å². The van der Waals surface area contributed by atoms with Gasteiger partial charge in [-0.25, -0.2) is 4.68 Å². The second kappa shape index (κ2) is 9.26. The van der Waals surface area contributed by atoms with Crippen LogP contribution in [0.3, 0.4) is 0 Å². The highest BCUT2D eigenvalue weighted by atomic mass is 35.5. The fraction of sp³-hybridized carbons (Fsp3) is 0.160.